The largest absolute Gasteiger partial charge is 0.490 e. The van der Waals surface area contributed by atoms with Gasteiger partial charge in [0.05, 0.1) is 34.7 Å². The van der Waals surface area contributed by atoms with E-state index in [1.165, 1.54) is 24.3 Å². The van der Waals surface area contributed by atoms with Crippen LogP contribution in [0.4, 0.5) is 8.78 Å². The van der Waals surface area contributed by atoms with Crippen molar-refractivity contribution in [2.24, 2.45) is 5.92 Å². The third kappa shape index (κ3) is 5.13. The lowest BCUT2D eigenvalue weighted by Gasteiger charge is -2.50. The zero-order valence-corrected chi connectivity index (χ0v) is 23.2. The molecule has 12 heteroatoms. The van der Waals surface area contributed by atoms with Crippen LogP contribution in [0.3, 0.4) is 0 Å². The van der Waals surface area contributed by atoms with Crippen molar-refractivity contribution in [3.05, 3.63) is 58.6 Å². The van der Waals surface area contributed by atoms with E-state index in [4.69, 9.17) is 21.1 Å². The summed E-state index contributed by atoms with van der Waals surface area (Å²) >= 11 is 5.97. The molecular formula is C25H30ClF2NO6S2. The Bertz CT molecular complexity index is 1380. The summed E-state index contributed by atoms with van der Waals surface area (Å²) in [4.78, 5) is -0.109. The summed E-state index contributed by atoms with van der Waals surface area (Å²) in [5.41, 5.74) is -1.05. The number of halogens is 3. The Balaban J connectivity index is 1.81. The first kappa shape index (κ1) is 28.2. The summed E-state index contributed by atoms with van der Waals surface area (Å²) in [6.07, 6.45) is -1.07. The number of hydrogen-bond donors (Lipinski definition) is 1. The smallest absolute Gasteiger partial charge is 0.189 e. The molecule has 2 heterocycles. The fourth-order valence-electron chi connectivity index (χ4n) is 5.32. The molecule has 0 spiro atoms. The minimum atomic E-state index is -4.36. The van der Waals surface area contributed by atoms with Gasteiger partial charge in [-0.1, -0.05) is 11.6 Å². The first-order chi connectivity index (χ1) is 17.2. The van der Waals surface area contributed by atoms with Crippen LogP contribution in [0.15, 0.2) is 41.3 Å². The molecule has 4 rings (SSSR count). The third-order valence-corrected chi connectivity index (χ3v) is 12.2. The van der Waals surface area contributed by atoms with Crippen molar-refractivity contribution in [2.75, 3.05) is 31.8 Å². The van der Waals surface area contributed by atoms with Crippen molar-refractivity contribution in [1.29, 1.82) is 0 Å². The molecule has 2 aliphatic heterocycles. The predicted octanol–water partition coefficient (Wildman–Crippen LogP) is 3.89. The van der Waals surface area contributed by atoms with E-state index in [9.17, 15) is 21.2 Å². The molecule has 0 aliphatic carbocycles. The number of rotatable bonds is 8. The van der Waals surface area contributed by atoms with Gasteiger partial charge in [0.1, 0.15) is 10.6 Å². The van der Waals surface area contributed by atoms with Crippen LogP contribution in [-0.4, -0.2) is 60.2 Å². The van der Waals surface area contributed by atoms with Crippen LogP contribution in [0.2, 0.25) is 5.02 Å². The molecule has 0 saturated carbocycles. The Labute approximate surface area is 221 Å². The minimum Gasteiger partial charge on any atom is -0.490 e. The van der Waals surface area contributed by atoms with E-state index in [0.717, 1.165) is 12.1 Å². The second-order valence-corrected chi connectivity index (χ2v) is 15.0. The Morgan fingerprint density at radius 1 is 1.08 bits per heavy atom. The van der Waals surface area contributed by atoms with Crippen molar-refractivity contribution in [1.82, 2.24) is 5.32 Å². The number of ether oxygens (including phenoxy) is 2. The zero-order chi connectivity index (χ0) is 27.2. The van der Waals surface area contributed by atoms with E-state index in [1.54, 1.807) is 20.9 Å². The third-order valence-electron chi connectivity index (χ3n) is 7.32. The molecule has 0 bridgehead atoms. The van der Waals surface area contributed by atoms with Crippen LogP contribution in [0.25, 0.3) is 0 Å². The molecule has 3 atom stereocenters. The number of fused-ring (bicyclic) bond motifs is 3. The van der Waals surface area contributed by atoms with Crippen molar-refractivity contribution in [3.63, 3.8) is 0 Å². The molecule has 2 aromatic carbocycles. The van der Waals surface area contributed by atoms with E-state index in [2.05, 4.69) is 5.32 Å². The Morgan fingerprint density at radius 2 is 1.73 bits per heavy atom. The molecule has 1 N–H and O–H groups in total. The average Bonchev–Trinajstić information content (AvgIpc) is 2.84. The monoisotopic (exact) mass is 577 g/mol. The Morgan fingerprint density at radius 3 is 2.38 bits per heavy atom. The summed E-state index contributed by atoms with van der Waals surface area (Å²) < 4.78 is 94.1. The van der Waals surface area contributed by atoms with Crippen LogP contribution in [0.1, 0.15) is 32.3 Å². The second kappa shape index (κ2) is 10.1. The van der Waals surface area contributed by atoms with Gasteiger partial charge < -0.3 is 14.8 Å². The summed E-state index contributed by atoms with van der Waals surface area (Å²) in [7, 11) is -6.25. The molecule has 3 unspecified atom stereocenters. The van der Waals surface area contributed by atoms with E-state index in [0.29, 0.717) is 5.02 Å². The first-order valence-corrected chi connectivity index (χ1v) is 15.5. The molecule has 37 heavy (non-hydrogen) atoms. The van der Waals surface area contributed by atoms with Crippen molar-refractivity contribution >= 4 is 31.3 Å². The van der Waals surface area contributed by atoms with E-state index in [-0.39, 0.29) is 48.0 Å². The van der Waals surface area contributed by atoms with Crippen LogP contribution < -0.4 is 10.1 Å². The van der Waals surface area contributed by atoms with Gasteiger partial charge in [0, 0.05) is 23.1 Å². The van der Waals surface area contributed by atoms with Crippen molar-refractivity contribution < 1.29 is 35.1 Å². The van der Waals surface area contributed by atoms with E-state index >= 15 is 4.39 Å². The lowest BCUT2D eigenvalue weighted by Crippen LogP contribution is -2.57. The molecule has 1 saturated heterocycles. The number of hydrogen-bond acceptors (Lipinski definition) is 7. The Hall–Kier alpha value is -1.79. The molecule has 2 aromatic rings. The van der Waals surface area contributed by atoms with Gasteiger partial charge in [-0.25, -0.2) is 25.6 Å². The first-order valence-electron chi connectivity index (χ1n) is 11.9. The van der Waals surface area contributed by atoms with E-state index < -0.39 is 59.4 Å². The summed E-state index contributed by atoms with van der Waals surface area (Å²) in [6.45, 7) is 3.14. The lowest BCUT2D eigenvalue weighted by atomic mass is 9.75. The van der Waals surface area contributed by atoms with Gasteiger partial charge in [-0.2, -0.15) is 0 Å². The predicted molar refractivity (Wildman–Crippen MR) is 136 cm³/mol. The molecule has 0 aromatic heterocycles. The van der Waals surface area contributed by atoms with Crippen LogP contribution >= 0.6 is 11.6 Å². The summed E-state index contributed by atoms with van der Waals surface area (Å²) in [6, 6.07) is 7.25. The zero-order valence-electron chi connectivity index (χ0n) is 20.8. The fourth-order valence-corrected chi connectivity index (χ4v) is 9.77. The highest BCUT2D eigenvalue weighted by Crippen LogP contribution is 2.55. The number of sulfone groups is 2. The molecule has 204 valence electrons. The average molecular weight is 578 g/mol. The van der Waals surface area contributed by atoms with Gasteiger partial charge in [0.15, 0.2) is 31.2 Å². The molecular weight excluding hydrogens is 548 g/mol. The van der Waals surface area contributed by atoms with Gasteiger partial charge in [-0.3, -0.25) is 0 Å². The van der Waals surface area contributed by atoms with Crippen molar-refractivity contribution in [2.45, 2.75) is 48.0 Å². The second-order valence-electron chi connectivity index (χ2n) is 10.2. The highest BCUT2D eigenvalue weighted by Gasteiger charge is 2.61. The molecule has 0 amide bonds. The fraction of sp³-hybridized carbons (Fsp3) is 0.520. The Kier molecular flexibility index (Phi) is 7.68. The minimum absolute atomic E-state index is 0.0275. The number of nitrogens with one attached hydrogen (secondary N) is 1. The quantitative estimate of drug-likeness (QED) is 0.508. The van der Waals surface area contributed by atoms with Gasteiger partial charge in [0.25, 0.3) is 0 Å². The number of benzene rings is 2. The molecule has 7 nitrogen and oxygen atoms in total. The van der Waals surface area contributed by atoms with Gasteiger partial charge in [-0.15, -0.1) is 0 Å². The summed E-state index contributed by atoms with van der Waals surface area (Å²) in [5.74, 6) is -3.63. The van der Waals surface area contributed by atoms with Gasteiger partial charge in [-0.05, 0) is 70.1 Å². The summed E-state index contributed by atoms with van der Waals surface area (Å²) in [5, 5.41) is 3.27. The maximum atomic E-state index is 15.4. The molecule has 0 radical (unpaired) electrons. The van der Waals surface area contributed by atoms with E-state index in [1.807, 2.05) is 0 Å². The van der Waals surface area contributed by atoms with Crippen LogP contribution in [0.5, 0.6) is 5.75 Å². The normalized spacial score (nSPS) is 24.2. The maximum absolute atomic E-state index is 15.4. The van der Waals surface area contributed by atoms with Gasteiger partial charge in [0.2, 0.25) is 0 Å². The van der Waals surface area contributed by atoms with Crippen molar-refractivity contribution in [3.8, 4) is 5.75 Å². The highest BCUT2D eigenvalue weighted by atomic mass is 35.5. The highest BCUT2D eigenvalue weighted by molar-refractivity contribution is 7.92. The SMILES string of the molecule is CNC(C)(C)CS(=O)(=O)CCC1OCCC2(S(=O)(=O)c3ccc(Cl)cc3)c3c(F)ccc(F)c3OCC12. The molecule has 2 aliphatic rings. The van der Waals surface area contributed by atoms with Gasteiger partial charge >= 0.3 is 0 Å². The topological polar surface area (TPSA) is 98.8 Å². The molecule has 1 fully saturated rings. The standard InChI is InChI=1S/C25H30ClF2NO6S2/c1-24(2,29-3)15-36(30,31)13-10-21-18-14-35-23-20(28)9-8-19(27)22(23)25(18,11-12-34-21)37(32,33)17-6-4-16(26)5-7-17/h4-9,18,21,29H,10-15H2,1-3H3. The van der Waals surface area contributed by atoms with Crippen LogP contribution in [-0.2, 0) is 29.2 Å². The van der Waals surface area contributed by atoms with Crippen LogP contribution in [0, 0.1) is 17.6 Å². The lowest BCUT2D eigenvalue weighted by molar-refractivity contribution is -0.0732. The maximum Gasteiger partial charge on any atom is 0.189 e.